The zero-order valence-electron chi connectivity index (χ0n) is 12.5. The quantitative estimate of drug-likeness (QED) is 0.622. The molecule has 2 atom stereocenters. The predicted octanol–water partition coefficient (Wildman–Crippen LogP) is 2.67. The summed E-state index contributed by atoms with van der Waals surface area (Å²) in [6.07, 6.45) is 7.46. The monoisotopic (exact) mass is 307 g/mol. The fourth-order valence-electron chi connectivity index (χ4n) is 1.59. The van der Waals surface area contributed by atoms with Gasteiger partial charge in [-0.25, -0.2) is 8.93 Å². The molecule has 0 aliphatic carbocycles. The van der Waals surface area contributed by atoms with Crippen LogP contribution in [0.1, 0.15) is 18.9 Å². The van der Waals surface area contributed by atoms with Crippen LogP contribution in [0, 0.1) is 6.92 Å². The van der Waals surface area contributed by atoms with Gasteiger partial charge in [-0.15, -0.1) is 0 Å². The molecule has 1 aromatic rings. The highest BCUT2D eigenvalue weighted by Crippen LogP contribution is 2.08. The molecular formula is C16H21NO3S. The Bertz CT molecular complexity index is 535. The van der Waals surface area contributed by atoms with Gasteiger partial charge in [0, 0.05) is 6.04 Å². The van der Waals surface area contributed by atoms with E-state index in [1.54, 1.807) is 6.08 Å². The summed E-state index contributed by atoms with van der Waals surface area (Å²) in [7, 11) is -0.0394. The summed E-state index contributed by atoms with van der Waals surface area (Å²) in [5, 5.41) is 0. The first-order valence-corrected chi connectivity index (χ1v) is 7.82. The standard InChI is InChI=1S/C16H21NO3S/c1-4-5-6-7-14(12-16(18)20-3)17-21(19)15-10-8-13(2)9-11-15/h4-11,14,17H,12H2,1-3H3/b5-4+,7-6+/t14-,21-/m1/s1. The second-order valence-corrected chi connectivity index (χ2v) is 5.74. The molecule has 5 heteroatoms. The largest absolute Gasteiger partial charge is 0.469 e. The van der Waals surface area contributed by atoms with Crippen LogP contribution < -0.4 is 4.72 Å². The molecule has 0 spiro atoms. The Balaban J connectivity index is 2.76. The van der Waals surface area contributed by atoms with E-state index in [0.717, 1.165) is 5.56 Å². The van der Waals surface area contributed by atoms with Gasteiger partial charge < -0.3 is 4.74 Å². The fourth-order valence-corrected chi connectivity index (χ4v) is 2.54. The van der Waals surface area contributed by atoms with Gasteiger partial charge >= 0.3 is 5.97 Å². The van der Waals surface area contributed by atoms with Gasteiger partial charge in [0.2, 0.25) is 0 Å². The van der Waals surface area contributed by atoms with Crippen LogP contribution in [0.5, 0.6) is 0 Å². The molecule has 0 bridgehead atoms. The molecule has 0 saturated heterocycles. The van der Waals surface area contributed by atoms with Crippen LogP contribution in [-0.2, 0) is 20.5 Å². The maximum atomic E-state index is 12.3. The number of rotatable bonds is 7. The van der Waals surface area contributed by atoms with Crippen molar-refractivity contribution in [3.8, 4) is 0 Å². The van der Waals surface area contributed by atoms with Crippen LogP contribution in [-0.4, -0.2) is 23.3 Å². The number of hydrogen-bond donors (Lipinski definition) is 1. The minimum Gasteiger partial charge on any atom is -0.469 e. The van der Waals surface area contributed by atoms with Gasteiger partial charge in [0.25, 0.3) is 0 Å². The van der Waals surface area contributed by atoms with Crippen LogP contribution >= 0.6 is 0 Å². The van der Waals surface area contributed by atoms with Gasteiger partial charge in [0.15, 0.2) is 0 Å². The van der Waals surface area contributed by atoms with Crippen LogP contribution in [0.25, 0.3) is 0 Å². The number of methoxy groups -OCH3 is 1. The smallest absolute Gasteiger partial charge is 0.307 e. The first kappa shape index (κ1) is 17.3. The first-order valence-electron chi connectivity index (χ1n) is 6.67. The number of allylic oxidation sites excluding steroid dienone is 3. The van der Waals surface area contributed by atoms with E-state index < -0.39 is 11.0 Å². The predicted molar refractivity (Wildman–Crippen MR) is 85.1 cm³/mol. The third-order valence-corrected chi connectivity index (χ3v) is 3.97. The zero-order chi connectivity index (χ0) is 15.7. The van der Waals surface area contributed by atoms with E-state index in [2.05, 4.69) is 9.46 Å². The molecule has 0 amide bonds. The summed E-state index contributed by atoms with van der Waals surface area (Å²) < 4.78 is 19.9. The van der Waals surface area contributed by atoms with Gasteiger partial charge in [-0.05, 0) is 26.0 Å². The van der Waals surface area contributed by atoms with Crippen molar-refractivity contribution < 1.29 is 13.7 Å². The molecular weight excluding hydrogens is 286 g/mol. The normalized spacial score (nSPS) is 14.4. The molecule has 0 heterocycles. The number of aryl methyl sites for hydroxylation is 1. The van der Waals surface area contributed by atoms with Crippen molar-refractivity contribution in [1.82, 2.24) is 4.72 Å². The summed E-state index contributed by atoms with van der Waals surface area (Å²) in [4.78, 5) is 12.1. The summed E-state index contributed by atoms with van der Waals surface area (Å²) in [5.41, 5.74) is 1.11. The molecule has 1 N–H and O–H groups in total. The van der Waals surface area contributed by atoms with Crippen LogP contribution in [0.2, 0.25) is 0 Å². The lowest BCUT2D eigenvalue weighted by Crippen LogP contribution is -2.31. The Morgan fingerprint density at radius 2 is 2.00 bits per heavy atom. The average Bonchev–Trinajstić information content (AvgIpc) is 2.47. The summed E-state index contributed by atoms with van der Waals surface area (Å²) in [5.74, 6) is -0.349. The lowest BCUT2D eigenvalue weighted by Gasteiger charge is -2.13. The molecule has 0 radical (unpaired) electrons. The Kier molecular flexibility index (Phi) is 7.64. The fraction of sp³-hybridized carbons (Fsp3) is 0.312. The highest BCUT2D eigenvalue weighted by molar-refractivity contribution is 7.83. The first-order chi connectivity index (χ1) is 10.1. The Morgan fingerprint density at radius 3 is 2.57 bits per heavy atom. The SMILES string of the molecule is C/C=C/C=C/[C@H](CC(=O)OC)N[S@](=O)c1ccc(C)cc1. The van der Waals surface area contributed by atoms with Crippen LogP contribution in [0.3, 0.4) is 0 Å². The third kappa shape index (κ3) is 6.51. The number of ether oxygens (including phenoxy) is 1. The number of nitrogens with one attached hydrogen (secondary N) is 1. The highest BCUT2D eigenvalue weighted by atomic mass is 32.2. The molecule has 1 rings (SSSR count). The van der Waals surface area contributed by atoms with E-state index in [-0.39, 0.29) is 18.4 Å². The van der Waals surface area contributed by atoms with Crippen molar-refractivity contribution in [2.24, 2.45) is 0 Å². The van der Waals surface area contributed by atoms with Crippen molar-refractivity contribution in [2.75, 3.05) is 7.11 Å². The van der Waals surface area contributed by atoms with E-state index in [1.807, 2.05) is 56.3 Å². The Labute approximate surface area is 128 Å². The van der Waals surface area contributed by atoms with E-state index in [0.29, 0.717) is 4.90 Å². The molecule has 114 valence electrons. The minimum absolute atomic E-state index is 0.127. The molecule has 0 fully saturated rings. The lowest BCUT2D eigenvalue weighted by molar-refractivity contribution is -0.140. The van der Waals surface area contributed by atoms with Crippen molar-refractivity contribution in [3.63, 3.8) is 0 Å². The number of hydrogen-bond acceptors (Lipinski definition) is 3. The summed E-state index contributed by atoms with van der Waals surface area (Å²) in [6, 6.07) is 7.07. The van der Waals surface area contributed by atoms with E-state index >= 15 is 0 Å². The van der Waals surface area contributed by atoms with Gasteiger partial charge in [-0.1, -0.05) is 42.0 Å². The van der Waals surface area contributed by atoms with Gasteiger partial charge in [-0.2, -0.15) is 0 Å². The van der Waals surface area contributed by atoms with Gasteiger partial charge in [0.05, 0.1) is 18.4 Å². The number of esters is 1. The lowest BCUT2D eigenvalue weighted by atomic mass is 10.2. The van der Waals surface area contributed by atoms with Gasteiger partial charge in [0.1, 0.15) is 11.0 Å². The maximum Gasteiger partial charge on any atom is 0.307 e. The summed E-state index contributed by atoms with van der Waals surface area (Å²) in [6.45, 7) is 3.87. The van der Waals surface area contributed by atoms with Crippen molar-refractivity contribution in [1.29, 1.82) is 0 Å². The Hall–Kier alpha value is -1.72. The minimum atomic E-state index is -1.38. The molecule has 0 unspecified atom stereocenters. The maximum absolute atomic E-state index is 12.3. The number of carbonyl (C=O) groups excluding carboxylic acids is 1. The second-order valence-electron chi connectivity index (χ2n) is 4.50. The topological polar surface area (TPSA) is 55.4 Å². The Morgan fingerprint density at radius 1 is 1.33 bits per heavy atom. The van der Waals surface area contributed by atoms with Crippen LogP contribution in [0.4, 0.5) is 0 Å². The molecule has 0 aliphatic rings. The molecule has 0 aromatic heterocycles. The highest BCUT2D eigenvalue weighted by Gasteiger charge is 2.14. The average molecular weight is 307 g/mol. The zero-order valence-corrected chi connectivity index (χ0v) is 13.4. The van der Waals surface area contributed by atoms with Crippen molar-refractivity contribution >= 4 is 17.0 Å². The van der Waals surface area contributed by atoms with E-state index in [4.69, 9.17) is 0 Å². The molecule has 0 saturated carbocycles. The van der Waals surface area contributed by atoms with Crippen molar-refractivity contribution in [3.05, 3.63) is 54.1 Å². The second kappa shape index (κ2) is 9.26. The number of benzene rings is 1. The number of carbonyl (C=O) groups is 1. The van der Waals surface area contributed by atoms with E-state index in [9.17, 15) is 9.00 Å². The van der Waals surface area contributed by atoms with E-state index in [1.165, 1.54) is 7.11 Å². The molecule has 1 aromatic carbocycles. The third-order valence-electron chi connectivity index (χ3n) is 2.75. The van der Waals surface area contributed by atoms with Crippen molar-refractivity contribution in [2.45, 2.75) is 31.2 Å². The van der Waals surface area contributed by atoms with Gasteiger partial charge in [-0.3, -0.25) is 4.79 Å². The summed E-state index contributed by atoms with van der Waals surface area (Å²) >= 11 is 0. The van der Waals surface area contributed by atoms with Crippen LogP contribution in [0.15, 0.2) is 53.5 Å². The molecule has 21 heavy (non-hydrogen) atoms. The molecule has 0 aliphatic heterocycles. The molecule has 4 nitrogen and oxygen atoms in total.